The van der Waals surface area contributed by atoms with E-state index in [1.165, 1.54) is 6.20 Å². The van der Waals surface area contributed by atoms with Crippen molar-refractivity contribution in [3.05, 3.63) is 23.9 Å². The third-order valence-electron chi connectivity index (χ3n) is 7.60. The number of nitrogens with zero attached hydrogens (tertiary/aromatic N) is 6. The number of halogens is 3. The van der Waals surface area contributed by atoms with Gasteiger partial charge < -0.3 is 20.4 Å². The van der Waals surface area contributed by atoms with E-state index in [1.54, 1.807) is 13.0 Å². The second-order valence-corrected chi connectivity index (χ2v) is 9.94. The van der Waals surface area contributed by atoms with Gasteiger partial charge in [0.2, 0.25) is 11.9 Å². The van der Waals surface area contributed by atoms with Crippen LogP contribution in [0.15, 0.2) is 18.3 Å². The van der Waals surface area contributed by atoms with Crippen LogP contribution in [0, 0.1) is 5.92 Å². The third-order valence-corrected chi connectivity index (χ3v) is 7.60. The number of aromatic nitrogens is 3. The number of fused-ring (bicyclic) bond motifs is 1. The van der Waals surface area contributed by atoms with Crippen molar-refractivity contribution in [2.45, 2.75) is 64.3 Å². The molecule has 1 saturated carbocycles. The Morgan fingerprint density at radius 2 is 1.89 bits per heavy atom. The van der Waals surface area contributed by atoms with E-state index in [1.807, 2.05) is 18.7 Å². The SMILES string of the molecule is CC[C@H]1CN(c2cc(-c3cnc(N)c(C(F)(F)F)c3)nc(N3CC4CC3C4)n2)[C@@H](C)CN1C(C)=O. The van der Waals surface area contributed by atoms with E-state index >= 15 is 0 Å². The number of alkyl halides is 3. The second kappa shape index (κ2) is 8.53. The maximum atomic E-state index is 13.5. The maximum absolute atomic E-state index is 13.5. The number of carbonyl (C=O) groups is 1. The van der Waals surface area contributed by atoms with Crippen LogP contribution in [-0.4, -0.2) is 63.5 Å². The van der Waals surface area contributed by atoms with Crippen LogP contribution in [-0.2, 0) is 11.0 Å². The van der Waals surface area contributed by atoms with E-state index in [4.69, 9.17) is 15.7 Å². The highest BCUT2D eigenvalue weighted by atomic mass is 19.4. The molecule has 0 radical (unpaired) electrons. The molecule has 3 aliphatic heterocycles. The number of hydrogen-bond acceptors (Lipinski definition) is 7. The first-order valence-electron chi connectivity index (χ1n) is 12.1. The van der Waals surface area contributed by atoms with E-state index in [-0.39, 0.29) is 23.6 Å². The fraction of sp³-hybridized carbons (Fsp3) is 0.583. The Labute approximate surface area is 202 Å². The second-order valence-electron chi connectivity index (χ2n) is 9.94. The molecule has 2 N–H and O–H groups in total. The monoisotopic (exact) mass is 489 g/mol. The van der Waals surface area contributed by atoms with Crippen molar-refractivity contribution in [2.24, 2.45) is 5.92 Å². The Morgan fingerprint density at radius 3 is 2.49 bits per heavy atom. The lowest BCUT2D eigenvalue weighted by Gasteiger charge is -2.45. The van der Waals surface area contributed by atoms with Crippen molar-refractivity contribution in [1.82, 2.24) is 19.9 Å². The number of piperazine rings is 1. The molecule has 3 saturated heterocycles. The quantitative estimate of drug-likeness (QED) is 0.702. The minimum Gasteiger partial charge on any atom is -0.383 e. The summed E-state index contributed by atoms with van der Waals surface area (Å²) >= 11 is 0. The number of anilines is 3. The number of amides is 1. The molecule has 6 rings (SSSR count). The van der Waals surface area contributed by atoms with Crippen molar-refractivity contribution in [2.75, 3.05) is 35.2 Å². The smallest absolute Gasteiger partial charge is 0.383 e. The molecule has 1 amide bonds. The molecular formula is C24H30F3N7O. The van der Waals surface area contributed by atoms with Crippen LogP contribution in [0.25, 0.3) is 11.3 Å². The summed E-state index contributed by atoms with van der Waals surface area (Å²) < 4.78 is 40.6. The van der Waals surface area contributed by atoms with Crippen LogP contribution < -0.4 is 15.5 Å². The lowest BCUT2D eigenvalue weighted by atomic mass is 9.86. The Bertz CT molecular complexity index is 1130. The van der Waals surface area contributed by atoms with Gasteiger partial charge in [-0.2, -0.15) is 18.2 Å². The molecular weight excluding hydrogens is 459 g/mol. The van der Waals surface area contributed by atoms with Crippen LogP contribution >= 0.6 is 0 Å². The Kier molecular flexibility index (Phi) is 5.76. The van der Waals surface area contributed by atoms with Crippen LogP contribution in [0.2, 0.25) is 0 Å². The molecule has 2 aromatic heterocycles. The van der Waals surface area contributed by atoms with Crippen LogP contribution in [0.1, 0.15) is 45.6 Å². The van der Waals surface area contributed by atoms with Gasteiger partial charge in [0.05, 0.1) is 11.3 Å². The van der Waals surface area contributed by atoms with Crippen molar-refractivity contribution in [3.63, 3.8) is 0 Å². The highest BCUT2D eigenvalue weighted by Gasteiger charge is 2.44. The van der Waals surface area contributed by atoms with Gasteiger partial charge in [-0.1, -0.05) is 6.92 Å². The first-order chi connectivity index (χ1) is 16.5. The first kappa shape index (κ1) is 23.6. The fourth-order valence-electron chi connectivity index (χ4n) is 5.56. The number of nitrogens with two attached hydrogens (primary N) is 1. The van der Waals surface area contributed by atoms with Gasteiger partial charge in [-0.05, 0) is 38.2 Å². The molecule has 0 aromatic carbocycles. The molecule has 4 fully saturated rings. The highest BCUT2D eigenvalue weighted by Crippen LogP contribution is 2.43. The van der Waals surface area contributed by atoms with Crippen LogP contribution in [0.3, 0.4) is 0 Å². The number of nitrogen functional groups attached to an aromatic ring is 1. The van der Waals surface area contributed by atoms with E-state index in [0.717, 1.165) is 31.9 Å². The maximum Gasteiger partial charge on any atom is 0.419 e. The third kappa shape index (κ3) is 4.25. The summed E-state index contributed by atoms with van der Waals surface area (Å²) in [6.07, 6.45) is -0.309. The zero-order chi connectivity index (χ0) is 25.1. The molecule has 35 heavy (non-hydrogen) atoms. The number of hydrogen-bond donors (Lipinski definition) is 1. The predicted octanol–water partition coefficient (Wildman–Crippen LogP) is 3.57. The number of carbonyl (C=O) groups excluding carboxylic acids is 1. The molecule has 8 nitrogen and oxygen atoms in total. The largest absolute Gasteiger partial charge is 0.419 e. The van der Waals surface area contributed by atoms with Gasteiger partial charge in [-0.15, -0.1) is 0 Å². The zero-order valence-electron chi connectivity index (χ0n) is 20.1. The molecule has 0 spiro atoms. The summed E-state index contributed by atoms with van der Waals surface area (Å²) in [6, 6.07) is 3.12. The zero-order valence-corrected chi connectivity index (χ0v) is 20.1. The molecule has 4 aliphatic rings. The molecule has 2 atom stereocenters. The Balaban J connectivity index is 1.57. The van der Waals surface area contributed by atoms with Gasteiger partial charge in [0, 0.05) is 62.5 Å². The minimum atomic E-state index is -4.62. The average molecular weight is 490 g/mol. The highest BCUT2D eigenvalue weighted by molar-refractivity contribution is 5.74. The lowest BCUT2D eigenvalue weighted by molar-refractivity contribution is -0.137. The molecule has 0 unspecified atom stereocenters. The van der Waals surface area contributed by atoms with Crippen molar-refractivity contribution < 1.29 is 18.0 Å². The van der Waals surface area contributed by atoms with Gasteiger partial charge >= 0.3 is 6.18 Å². The topological polar surface area (TPSA) is 91.5 Å². The van der Waals surface area contributed by atoms with E-state index < -0.39 is 17.6 Å². The summed E-state index contributed by atoms with van der Waals surface area (Å²) in [5.74, 6) is 1.27. The van der Waals surface area contributed by atoms with Gasteiger partial charge in [0.1, 0.15) is 11.6 Å². The fourth-order valence-corrected chi connectivity index (χ4v) is 5.56. The van der Waals surface area contributed by atoms with Gasteiger partial charge in [-0.3, -0.25) is 4.79 Å². The average Bonchev–Trinajstić information content (AvgIpc) is 3.40. The molecule has 5 heterocycles. The number of rotatable bonds is 4. The van der Waals surface area contributed by atoms with Gasteiger partial charge in [-0.25, -0.2) is 9.97 Å². The van der Waals surface area contributed by atoms with Gasteiger partial charge in [0.15, 0.2) is 0 Å². The van der Waals surface area contributed by atoms with Crippen LogP contribution in [0.4, 0.5) is 30.8 Å². The Morgan fingerprint density at radius 1 is 1.14 bits per heavy atom. The molecule has 1 aliphatic carbocycles. The van der Waals surface area contributed by atoms with E-state index in [0.29, 0.717) is 42.5 Å². The summed E-state index contributed by atoms with van der Waals surface area (Å²) in [5.41, 5.74) is 5.17. The van der Waals surface area contributed by atoms with Gasteiger partial charge in [0.25, 0.3) is 0 Å². The molecule has 11 heteroatoms. The molecule has 188 valence electrons. The van der Waals surface area contributed by atoms with Crippen molar-refractivity contribution in [3.8, 4) is 11.3 Å². The summed E-state index contributed by atoms with van der Waals surface area (Å²) in [4.78, 5) is 31.8. The molecule has 2 aromatic rings. The summed E-state index contributed by atoms with van der Waals surface area (Å²) in [6.45, 7) is 7.65. The van der Waals surface area contributed by atoms with Crippen molar-refractivity contribution >= 4 is 23.5 Å². The normalized spacial score (nSPS) is 26.2. The van der Waals surface area contributed by atoms with Crippen LogP contribution in [0.5, 0.6) is 0 Å². The predicted molar refractivity (Wildman–Crippen MR) is 127 cm³/mol. The standard InChI is InChI=1S/C24H30F3N7O/c1-4-17-12-32(13(2)10-33(17)14(3)35)21-8-20(16-7-19(24(25,26)27)22(28)29-9-16)30-23(31-21)34-11-15-5-18(34)6-15/h7-9,13,15,17-18H,4-6,10-12H2,1-3H3,(H2,28,29)/t13-,15?,17-,18?/m0/s1. The lowest BCUT2D eigenvalue weighted by Crippen LogP contribution is -2.58. The summed E-state index contributed by atoms with van der Waals surface area (Å²) in [7, 11) is 0. The Hall–Kier alpha value is -3.11. The van der Waals surface area contributed by atoms with Crippen molar-refractivity contribution in [1.29, 1.82) is 0 Å². The first-order valence-corrected chi connectivity index (χ1v) is 12.1. The van der Waals surface area contributed by atoms with E-state index in [2.05, 4.69) is 14.8 Å². The molecule has 2 bridgehead atoms. The van der Waals surface area contributed by atoms with E-state index in [9.17, 15) is 18.0 Å². The summed E-state index contributed by atoms with van der Waals surface area (Å²) in [5, 5.41) is 0. The minimum absolute atomic E-state index is 0.0140. The number of pyridine rings is 1.